The van der Waals surface area contributed by atoms with Crippen molar-refractivity contribution in [2.24, 2.45) is 0 Å². The number of rotatable bonds is 3. The largest absolute Gasteiger partial charge is 0.319 e. The summed E-state index contributed by atoms with van der Waals surface area (Å²) < 4.78 is 39.0. The van der Waals surface area contributed by atoms with Crippen LogP contribution in [-0.2, 0) is 16.4 Å². The molecule has 0 radical (unpaired) electrons. The summed E-state index contributed by atoms with van der Waals surface area (Å²) in [5.74, 6) is -1.10. The van der Waals surface area contributed by atoms with E-state index < -0.39 is 21.7 Å². The molecular weight excluding hydrogens is 367 g/mol. The topological polar surface area (TPSA) is 66.5 Å². The molecule has 0 aromatic heterocycles. The van der Waals surface area contributed by atoms with Crippen molar-refractivity contribution in [1.82, 2.24) is 0 Å². The monoisotopic (exact) mass is 382 g/mol. The highest BCUT2D eigenvalue weighted by Crippen LogP contribution is 2.34. The maximum atomic E-state index is 13.8. The van der Waals surface area contributed by atoms with E-state index in [9.17, 15) is 17.6 Å². The number of carbonyl (C=O) groups excluding carboxylic acids is 1. The molecule has 2 aromatic carbocycles. The Morgan fingerprint density at radius 2 is 2.00 bits per heavy atom. The smallest absolute Gasteiger partial charge is 0.255 e. The molecule has 1 atom stereocenters. The van der Waals surface area contributed by atoms with E-state index in [1.54, 1.807) is 12.1 Å². The van der Waals surface area contributed by atoms with E-state index in [2.05, 4.69) is 5.32 Å². The molecule has 0 bridgehead atoms. The first kappa shape index (κ1) is 17.7. The van der Waals surface area contributed by atoms with Crippen molar-refractivity contribution < 1.29 is 17.6 Å². The van der Waals surface area contributed by atoms with Gasteiger partial charge in [-0.15, -0.1) is 0 Å². The van der Waals surface area contributed by atoms with E-state index in [4.69, 9.17) is 11.6 Å². The van der Waals surface area contributed by atoms with E-state index in [-0.39, 0.29) is 16.8 Å². The van der Waals surface area contributed by atoms with Crippen LogP contribution < -0.4 is 9.62 Å². The van der Waals surface area contributed by atoms with Crippen LogP contribution in [-0.4, -0.2) is 26.6 Å². The maximum absolute atomic E-state index is 13.8. The van der Waals surface area contributed by atoms with Gasteiger partial charge in [-0.1, -0.05) is 11.6 Å². The van der Waals surface area contributed by atoms with E-state index in [1.165, 1.54) is 22.5 Å². The van der Waals surface area contributed by atoms with Crippen molar-refractivity contribution >= 4 is 38.9 Å². The summed E-state index contributed by atoms with van der Waals surface area (Å²) in [6.07, 6.45) is 1.67. The molecular formula is C17H16ClFN2O3S. The number of sulfonamides is 1. The predicted molar refractivity (Wildman–Crippen MR) is 96.3 cm³/mol. The van der Waals surface area contributed by atoms with Crippen LogP contribution in [0.4, 0.5) is 15.8 Å². The molecule has 25 heavy (non-hydrogen) atoms. The van der Waals surface area contributed by atoms with Crippen LogP contribution in [0.25, 0.3) is 0 Å². The van der Waals surface area contributed by atoms with Crippen LogP contribution in [0.3, 0.4) is 0 Å². The molecule has 1 aliphatic rings. The molecule has 3 rings (SSSR count). The first-order valence-corrected chi connectivity index (χ1v) is 9.78. The van der Waals surface area contributed by atoms with Gasteiger partial charge >= 0.3 is 0 Å². The first-order valence-electron chi connectivity index (χ1n) is 7.55. The standard InChI is InChI=1S/C17H16ClFN2O3S/c1-10-7-12-8-11(3-6-16(12)21(10)25(2,23)24)17(22)20-15-5-4-13(18)9-14(15)19/h3-6,8-10H,7H2,1-2H3,(H,20,22)/t10-/m1/s1. The Kier molecular flexibility index (Phi) is 4.47. The Morgan fingerprint density at radius 3 is 2.64 bits per heavy atom. The first-order chi connectivity index (χ1) is 11.7. The highest BCUT2D eigenvalue weighted by molar-refractivity contribution is 7.92. The zero-order valence-corrected chi connectivity index (χ0v) is 15.2. The number of anilines is 2. The number of benzene rings is 2. The summed E-state index contributed by atoms with van der Waals surface area (Å²) in [5, 5.41) is 2.73. The van der Waals surface area contributed by atoms with E-state index in [1.807, 2.05) is 6.92 Å². The van der Waals surface area contributed by atoms with Gasteiger partial charge in [0.2, 0.25) is 10.0 Å². The summed E-state index contributed by atoms with van der Waals surface area (Å²) >= 11 is 5.69. The summed E-state index contributed by atoms with van der Waals surface area (Å²) in [5.41, 5.74) is 1.70. The fourth-order valence-electron chi connectivity index (χ4n) is 3.03. The third kappa shape index (κ3) is 3.48. The van der Waals surface area contributed by atoms with Gasteiger partial charge < -0.3 is 5.32 Å². The van der Waals surface area contributed by atoms with E-state index in [0.717, 1.165) is 17.9 Å². The van der Waals surface area contributed by atoms with Gasteiger partial charge in [0.1, 0.15) is 5.82 Å². The van der Waals surface area contributed by atoms with Crippen molar-refractivity contribution in [2.45, 2.75) is 19.4 Å². The molecule has 5 nitrogen and oxygen atoms in total. The van der Waals surface area contributed by atoms with Crippen LogP contribution >= 0.6 is 11.6 Å². The van der Waals surface area contributed by atoms with E-state index in [0.29, 0.717) is 17.7 Å². The quantitative estimate of drug-likeness (QED) is 0.884. The summed E-state index contributed by atoms with van der Waals surface area (Å²) in [4.78, 5) is 12.4. The fraction of sp³-hybridized carbons (Fsp3) is 0.235. The SMILES string of the molecule is C[C@@H]1Cc2cc(C(=O)Nc3ccc(Cl)cc3F)ccc2N1S(C)(=O)=O. The highest BCUT2D eigenvalue weighted by Gasteiger charge is 2.32. The lowest BCUT2D eigenvalue weighted by Gasteiger charge is -2.21. The number of nitrogens with one attached hydrogen (secondary N) is 1. The molecule has 1 heterocycles. The van der Waals surface area contributed by atoms with Crippen LogP contribution in [0.1, 0.15) is 22.8 Å². The van der Waals surface area contributed by atoms with Crippen LogP contribution in [0.2, 0.25) is 5.02 Å². The zero-order valence-electron chi connectivity index (χ0n) is 13.6. The highest BCUT2D eigenvalue weighted by atomic mass is 35.5. The Labute approximate surface area is 150 Å². The predicted octanol–water partition coefficient (Wildman–Crippen LogP) is 3.44. The fourth-order valence-corrected chi connectivity index (χ4v) is 4.46. The molecule has 1 N–H and O–H groups in total. The molecule has 0 fully saturated rings. The summed E-state index contributed by atoms with van der Waals surface area (Å²) in [7, 11) is -3.39. The molecule has 1 amide bonds. The van der Waals surface area contributed by atoms with Gasteiger partial charge in [-0.25, -0.2) is 12.8 Å². The average molecular weight is 383 g/mol. The summed E-state index contributed by atoms with van der Waals surface area (Å²) in [6, 6.07) is 8.54. The lowest BCUT2D eigenvalue weighted by molar-refractivity contribution is 0.102. The van der Waals surface area contributed by atoms with Crippen molar-refractivity contribution in [3.8, 4) is 0 Å². The molecule has 0 unspecified atom stereocenters. The normalized spacial score (nSPS) is 16.6. The van der Waals surface area contributed by atoms with Crippen LogP contribution in [0, 0.1) is 5.82 Å². The maximum Gasteiger partial charge on any atom is 0.255 e. The minimum Gasteiger partial charge on any atom is -0.319 e. The second kappa shape index (κ2) is 6.31. The van der Waals surface area contributed by atoms with Gasteiger partial charge in [0.15, 0.2) is 0 Å². The Hall–Kier alpha value is -2.12. The molecule has 8 heteroatoms. The minimum atomic E-state index is -3.39. The number of carbonyl (C=O) groups is 1. The lowest BCUT2D eigenvalue weighted by atomic mass is 10.1. The van der Waals surface area contributed by atoms with E-state index >= 15 is 0 Å². The van der Waals surface area contributed by atoms with Crippen LogP contribution in [0.15, 0.2) is 36.4 Å². The van der Waals surface area contributed by atoms with Gasteiger partial charge in [0, 0.05) is 16.6 Å². The second-order valence-electron chi connectivity index (χ2n) is 6.03. The van der Waals surface area contributed by atoms with Crippen molar-refractivity contribution in [3.05, 3.63) is 58.4 Å². The Balaban J connectivity index is 1.88. The zero-order chi connectivity index (χ0) is 18.4. The van der Waals surface area contributed by atoms with Crippen molar-refractivity contribution in [1.29, 1.82) is 0 Å². The van der Waals surface area contributed by atoms with Gasteiger partial charge in [0.25, 0.3) is 5.91 Å². The molecule has 0 saturated heterocycles. The molecule has 0 saturated carbocycles. The van der Waals surface area contributed by atoms with Crippen molar-refractivity contribution in [2.75, 3.05) is 15.9 Å². The molecule has 2 aromatic rings. The number of halogens is 2. The third-order valence-electron chi connectivity index (χ3n) is 4.03. The van der Waals surface area contributed by atoms with Crippen LogP contribution in [0.5, 0.6) is 0 Å². The van der Waals surface area contributed by atoms with Gasteiger partial charge in [-0.3, -0.25) is 9.10 Å². The second-order valence-corrected chi connectivity index (χ2v) is 8.33. The minimum absolute atomic E-state index is 0.0287. The molecule has 1 aliphatic heterocycles. The van der Waals surface area contributed by atoms with Gasteiger partial charge in [-0.05, 0) is 55.3 Å². The number of nitrogens with zero attached hydrogens (tertiary/aromatic N) is 1. The molecule has 132 valence electrons. The average Bonchev–Trinajstić information content (AvgIpc) is 2.84. The Bertz CT molecular complexity index is 962. The van der Waals surface area contributed by atoms with Crippen molar-refractivity contribution in [3.63, 3.8) is 0 Å². The van der Waals surface area contributed by atoms with Gasteiger partial charge in [-0.2, -0.15) is 0 Å². The third-order valence-corrected chi connectivity index (χ3v) is 5.54. The summed E-state index contributed by atoms with van der Waals surface area (Å²) in [6.45, 7) is 1.81. The molecule has 0 spiro atoms. The number of hydrogen-bond acceptors (Lipinski definition) is 3. The number of fused-ring (bicyclic) bond motifs is 1. The van der Waals surface area contributed by atoms with Gasteiger partial charge in [0.05, 0.1) is 17.6 Å². The Morgan fingerprint density at radius 1 is 1.28 bits per heavy atom. The number of hydrogen-bond donors (Lipinski definition) is 1. The lowest BCUT2D eigenvalue weighted by Crippen LogP contribution is -2.34. The number of amides is 1. The molecule has 0 aliphatic carbocycles.